The van der Waals surface area contributed by atoms with Crippen LogP contribution in [0.5, 0.6) is 0 Å². The van der Waals surface area contributed by atoms with Crippen molar-refractivity contribution in [1.82, 2.24) is 15.2 Å². The molecule has 2 aliphatic heterocycles. The molecule has 0 saturated carbocycles. The van der Waals surface area contributed by atoms with Crippen LogP contribution in [0.2, 0.25) is 5.02 Å². The van der Waals surface area contributed by atoms with Gasteiger partial charge < -0.3 is 19.9 Å². The first kappa shape index (κ1) is 24.3. The van der Waals surface area contributed by atoms with Gasteiger partial charge in [0.05, 0.1) is 25.4 Å². The molecule has 180 valence electrons. The van der Waals surface area contributed by atoms with E-state index in [1.807, 2.05) is 30.5 Å². The molecule has 1 aromatic heterocycles. The Balaban J connectivity index is 1.83. The summed E-state index contributed by atoms with van der Waals surface area (Å²) in [6, 6.07) is 4.00. The number of carboxylic acids is 1. The quantitative estimate of drug-likeness (QED) is 0.553. The fourth-order valence-electron chi connectivity index (χ4n) is 3.96. The number of aliphatic carboxylic acids is 1. The molecule has 2 aliphatic rings. The summed E-state index contributed by atoms with van der Waals surface area (Å²) in [5.74, 6) is -1.03. The van der Waals surface area contributed by atoms with Gasteiger partial charge in [-0.2, -0.15) is 0 Å². The molecule has 1 saturated heterocycles. The zero-order valence-corrected chi connectivity index (χ0v) is 20.4. The number of carbonyl (C=O) groups is 2. The number of aliphatic imine (C=N–C) groups is 1. The van der Waals surface area contributed by atoms with Crippen LogP contribution in [0.15, 0.2) is 46.0 Å². The SMILES string of the molecule is CCOC(=O)C1=C(CN2CCOC[C@H]2C(=O)O)NC(c2nccs2)=N[C@H]1c1ccc(C)cc1Cl. The van der Waals surface area contributed by atoms with Crippen LogP contribution in [0.3, 0.4) is 0 Å². The summed E-state index contributed by atoms with van der Waals surface area (Å²) in [4.78, 5) is 36.0. The van der Waals surface area contributed by atoms with Gasteiger partial charge in [0.15, 0.2) is 10.8 Å². The van der Waals surface area contributed by atoms with Crippen LogP contribution in [0.25, 0.3) is 0 Å². The maximum Gasteiger partial charge on any atom is 0.338 e. The van der Waals surface area contributed by atoms with Crippen LogP contribution in [-0.4, -0.2) is 71.7 Å². The van der Waals surface area contributed by atoms with Crippen molar-refractivity contribution in [2.24, 2.45) is 4.99 Å². The predicted molar refractivity (Wildman–Crippen MR) is 128 cm³/mol. The highest BCUT2D eigenvalue weighted by Gasteiger charge is 2.37. The molecular weight excluding hydrogens is 480 g/mol. The van der Waals surface area contributed by atoms with Crippen molar-refractivity contribution in [2.75, 3.05) is 32.9 Å². The minimum absolute atomic E-state index is 0.0675. The Kier molecular flexibility index (Phi) is 7.62. The molecule has 0 aliphatic carbocycles. The molecule has 3 heterocycles. The standard InChI is InChI=1S/C23H25ClN4O5S/c1-3-33-23(31)18-16(11-28-7-8-32-12-17(28)22(29)30)26-20(21-25-6-9-34-21)27-19(18)14-5-4-13(2)10-15(14)24/h4-6,9-10,17,19H,3,7-8,11-12H2,1-2H3,(H,26,27)(H,29,30)/t17-,19-/m0/s1. The molecule has 0 unspecified atom stereocenters. The van der Waals surface area contributed by atoms with Crippen LogP contribution in [0.1, 0.15) is 29.1 Å². The van der Waals surface area contributed by atoms with Crippen molar-refractivity contribution in [3.05, 3.63) is 62.2 Å². The average Bonchev–Trinajstić information content (AvgIpc) is 3.34. The normalized spacial score (nSPS) is 21.1. The lowest BCUT2D eigenvalue weighted by atomic mass is 9.94. The fraction of sp³-hybridized carbons (Fsp3) is 0.391. The van der Waals surface area contributed by atoms with E-state index in [1.54, 1.807) is 18.0 Å². The monoisotopic (exact) mass is 504 g/mol. The third-order valence-electron chi connectivity index (χ3n) is 5.59. The topological polar surface area (TPSA) is 113 Å². The fourth-order valence-corrected chi connectivity index (χ4v) is 4.88. The molecule has 2 aromatic rings. The molecule has 1 aromatic carbocycles. The number of hydrogen-bond acceptors (Lipinski definition) is 9. The number of ether oxygens (including phenoxy) is 2. The highest BCUT2D eigenvalue weighted by molar-refractivity contribution is 7.11. The van der Waals surface area contributed by atoms with Gasteiger partial charge in [-0.05, 0) is 25.5 Å². The van der Waals surface area contributed by atoms with Crippen LogP contribution in [-0.2, 0) is 19.1 Å². The number of benzene rings is 1. The Labute approximate surface area is 206 Å². The number of nitrogens with one attached hydrogen (secondary N) is 1. The zero-order chi connectivity index (χ0) is 24.2. The smallest absolute Gasteiger partial charge is 0.338 e. The van der Waals surface area contributed by atoms with Crippen LogP contribution in [0.4, 0.5) is 0 Å². The lowest BCUT2D eigenvalue weighted by molar-refractivity contribution is -0.149. The van der Waals surface area contributed by atoms with Crippen molar-refractivity contribution in [2.45, 2.75) is 25.9 Å². The summed E-state index contributed by atoms with van der Waals surface area (Å²) >= 11 is 8.01. The molecule has 4 rings (SSSR count). The number of amidine groups is 1. The minimum atomic E-state index is -0.985. The summed E-state index contributed by atoms with van der Waals surface area (Å²) < 4.78 is 10.8. The molecule has 9 nitrogen and oxygen atoms in total. The summed E-state index contributed by atoms with van der Waals surface area (Å²) in [6.07, 6.45) is 1.67. The molecule has 0 bridgehead atoms. The van der Waals surface area contributed by atoms with E-state index in [4.69, 9.17) is 26.1 Å². The first-order chi connectivity index (χ1) is 16.4. The molecule has 11 heteroatoms. The maximum atomic E-state index is 13.2. The number of esters is 1. The number of carbonyl (C=O) groups excluding carboxylic acids is 1. The second-order valence-electron chi connectivity index (χ2n) is 7.88. The number of thiazole rings is 1. The van der Waals surface area contributed by atoms with Crippen LogP contribution < -0.4 is 5.32 Å². The van der Waals surface area contributed by atoms with Gasteiger partial charge in [-0.1, -0.05) is 23.7 Å². The van der Waals surface area contributed by atoms with Gasteiger partial charge in [0, 0.05) is 40.9 Å². The second-order valence-corrected chi connectivity index (χ2v) is 9.18. The number of halogens is 1. The van der Waals surface area contributed by atoms with E-state index < -0.39 is 24.0 Å². The number of aromatic nitrogens is 1. The lowest BCUT2D eigenvalue weighted by Crippen LogP contribution is -2.52. The van der Waals surface area contributed by atoms with Crippen molar-refractivity contribution >= 4 is 40.7 Å². The molecule has 0 radical (unpaired) electrons. The Morgan fingerprint density at radius 3 is 2.91 bits per heavy atom. The second kappa shape index (κ2) is 10.6. The molecule has 1 fully saturated rings. The molecular formula is C23H25ClN4O5S. The Bertz CT molecular complexity index is 1130. The summed E-state index contributed by atoms with van der Waals surface area (Å²) in [5, 5.41) is 15.9. The van der Waals surface area contributed by atoms with Crippen LogP contribution >= 0.6 is 22.9 Å². The first-order valence-electron chi connectivity index (χ1n) is 10.8. The van der Waals surface area contributed by atoms with E-state index in [9.17, 15) is 14.7 Å². The van der Waals surface area contributed by atoms with E-state index in [2.05, 4.69) is 10.3 Å². The maximum absolute atomic E-state index is 13.2. The Hall–Kier alpha value is -2.79. The van der Waals surface area contributed by atoms with Gasteiger partial charge >= 0.3 is 11.9 Å². The third-order valence-corrected chi connectivity index (χ3v) is 6.70. The van der Waals surface area contributed by atoms with E-state index in [1.165, 1.54) is 11.3 Å². The number of nitrogens with zero attached hydrogens (tertiary/aromatic N) is 3. The highest BCUT2D eigenvalue weighted by atomic mass is 35.5. The minimum Gasteiger partial charge on any atom is -0.480 e. The van der Waals surface area contributed by atoms with Gasteiger partial charge in [0.2, 0.25) is 0 Å². The van der Waals surface area contributed by atoms with Crippen molar-refractivity contribution in [1.29, 1.82) is 0 Å². The Morgan fingerprint density at radius 2 is 2.24 bits per heavy atom. The van der Waals surface area contributed by atoms with Gasteiger partial charge in [-0.25, -0.2) is 9.78 Å². The average molecular weight is 505 g/mol. The van der Waals surface area contributed by atoms with E-state index in [0.29, 0.717) is 45.9 Å². The highest BCUT2D eigenvalue weighted by Crippen LogP contribution is 2.37. The van der Waals surface area contributed by atoms with E-state index >= 15 is 0 Å². The molecule has 2 N–H and O–H groups in total. The number of aryl methyl sites for hydroxylation is 1. The van der Waals surface area contributed by atoms with Crippen molar-refractivity contribution in [3.8, 4) is 0 Å². The van der Waals surface area contributed by atoms with Crippen molar-refractivity contribution in [3.63, 3.8) is 0 Å². The predicted octanol–water partition coefficient (Wildman–Crippen LogP) is 2.80. The number of rotatable bonds is 7. The first-order valence-corrected chi connectivity index (χ1v) is 12.1. The number of carboxylic acid groups (broad SMARTS) is 1. The lowest BCUT2D eigenvalue weighted by Gasteiger charge is -2.35. The molecule has 0 amide bonds. The number of morpholine rings is 1. The summed E-state index contributed by atoms with van der Waals surface area (Å²) in [5.41, 5.74) is 2.43. The molecule has 0 spiro atoms. The van der Waals surface area contributed by atoms with Gasteiger partial charge in [0.25, 0.3) is 0 Å². The van der Waals surface area contributed by atoms with Gasteiger partial charge in [-0.15, -0.1) is 11.3 Å². The molecule has 2 atom stereocenters. The van der Waals surface area contributed by atoms with Crippen molar-refractivity contribution < 1.29 is 24.2 Å². The van der Waals surface area contributed by atoms with Crippen LogP contribution in [0, 0.1) is 6.92 Å². The zero-order valence-electron chi connectivity index (χ0n) is 18.8. The van der Waals surface area contributed by atoms with Gasteiger partial charge in [-0.3, -0.25) is 14.7 Å². The largest absolute Gasteiger partial charge is 0.480 e. The van der Waals surface area contributed by atoms with Gasteiger partial charge in [0.1, 0.15) is 12.1 Å². The Morgan fingerprint density at radius 1 is 1.41 bits per heavy atom. The summed E-state index contributed by atoms with van der Waals surface area (Å²) in [6.45, 7) is 4.87. The van der Waals surface area contributed by atoms with E-state index in [0.717, 1.165) is 5.56 Å². The third kappa shape index (κ3) is 5.15. The van der Waals surface area contributed by atoms with E-state index in [-0.39, 0.29) is 19.8 Å². The summed E-state index contributed by atoms with van der Waals surface area (Å²) in [7, 11) is 0. The molecule has 34 heavy (non-hydrogen) atoms. The number of hydrogen-bond donors (Lipinski definition) is 2.